The second kappa shape index (κ2) is 8.08. The highest BCUT2D eigenvalue weighted by atomic mass is 19.1. The van der Waals surface area contributed by atoms with E-state index in [4.69, 9.17) is 0 Å². The first-order chi connectivity index (χ1) is 11.7. The molecule has 0 radical (unpaired) electrons. The summed E-state index contributed by atoms with van der Waals surface area (Å²) in [5.74, 6) is 0.568. The number of amides is 1. The van der Waals surface area contributed by atoms with Gasteiger partial charge in [0.15, 0.2) is 0 Å². The summed E-state index contributed by atoms with van der Waals surface area (Å²) in [6.07, 6.45) is 8.98. The molecule has 0 saturated carbocycles. The number of halogens is 1. The van der Waals surface area contributed by atoms with Crippen LogP contribution in [0, 0.1) is 11.7 Å². The number of carbonyl (C=O) groups is 1. The summed E-state index contributed by atoms with van der Waals surface area (Å²) in [4.78, 5) is 14.4. The fraction of sp³-hybridized carbons (Fsp3) is 0.474. The van der Waals surface area contributed by atoms with Gasteiger partial charge in [0, 0.05) is 25.7 Å². The van der Waals surface area contributed by atoms with Crippen LogP contribution >= 0.6 is 0 Å². The molecule has 1 aliphatic rings. The van der Waals surface area contributed by atoms with E-state index in [1.54, 1.807) is 18.3 Å². The molecule has 5 heteroatoms. The van der Waals surface area contributed by atoms with Gasteiger partial charge in [0.25, 0.3) is 0 Å². The second-order valence-corrected chi connectivity index (χ2v) is 6.62. The lowest BCUT2D eigenvalue weighted by Gasteiger charge is -2.33. The number of likely N-dealkylation sites (tertiary alicyclic amines) is 1. The van der Waals surface area contributed by atoms with Gasteiger partial charge in [0.05, 0.1) is 6.20 Å². The van der Waals surface area contributed by atoms with Gasteiger partial charge in [-0.3, -0.25) is 9.89 Å². The Morgan fingerprint density at radius 3 is 3.04 bits per heavy atom. The van der Waals surface area contributed by atoms with Gasteiger partial charge in [-0.05, 0) is 61.3 Å². The van der Waals surface area contributed by atoms with Crippen LogP contribution in [-0.2, 0) is 17.6 Å². The second-order valence-electron chi connectivity index (χ2n) is 6.62. The number of hydrogen-bond acceptors (Lipinski definition) is 2. The molecule has 0 aliphatic carbocycles. The van der Waals surface area contributed by atoms with Crippen molar-refractivity contribution in [1.29, 1.82) is 0 Å². The molecule has 1 aliphatic heterocycles. The predicted molar refractivity (Wildman–Crippen MR) is 90.9 cm³/mol. The van der Waals surface area contributed by atoms with Crippen molar-refractivity contribution in [2.24, 2.45) is 5.92 Å². The summed E-state index contributed by atoms with van der Waals surface area (Å²) in [6, 6.07) is 6.82. The Morgan fingerprint density at radius 1 is 1.33 bits per heavy atom. The van der Waals surface area contributed by atoms with Gasteiger partial charge in [-0.1, -0.05) is 12.1 Å². The van der Waals surface area contributed by atoms with Crippen molar-refractivity contribution in [2.75, 3.05) is 13.1 Å². The molecule has 0 unspecified atom stereocenters. The standard InChI is InChI=1S/C19H24FN3O/c20-18-5-1-3-15(11-18)6-7-16-4-2-10-23(14-16)19(24)9-8-17-12-21-22-13-17/h1,3,5,11-13,16H,2,4,6-10,14H2,(H,21,22)/t16-/m1/s1. The smallest absolute Gasteiger partial charge is 0.222 e. The van der Waals surface area contributed by atoms with E-state index in [2.05, 4.69) is 10.2 Å². The van der Waals surface area contributed by atoms with Crippen LogP contribution in [0.5, 0.6) is 0 Å². The van der Waals surface area contributed by atoms with Gasteiger partial charge in [-0.25, -0.2) is 4.39 Å². The molecule has 2 aromatic rings. The van der Waals surface area contributed by atoms with Crippen LogP contribution in [0.1, 0.15) is 36.8 Å². The van der Waals surface area contributed by atoms with Gasteiger partial charge in [-0.2, -0.15) is 5.10 Å². The molecule has 1 amide bonds. The van der Waals surface area contributed by atoms with Crippen LogP contribution in [0.15, 0.2) is 36.7 Å². The minimum atomic E-state index is -0.174. The molecule has 128 valence electrons. The first-order valence-corrected chi connectivity index (χ1v) is 8.70. The molecule has 3 rings (SSSR count). The fourth-order valence-corrected chi connectivity index (χ4v) is 3.41. The van der Waals surface area contributed by atoms with Gasteiger partial charge < -0.3 is 4.90 Å². The van der Waals surface area contributed by atoms with Crippen LogP contribution in [0.3, 0.4) is 0 Å². The van der Waals surface area contributed by atoms with Crippen molar-refractivity contribution in [2.45, 2.75) is 38.5 Å². The van der Waals surface area contributed by atoms with E-state index in [9.17, 15) is 9.18 Å². The maximum Gasteiger partial charge on any atom is 0.222 e. The zero-order chi connectivity index (χ0) is 16.8. The van der Waals surface area contributed by atoms with Crippen molar-refractivity contribution in [1.82, 2.24) is 15.1 Å². The Hall–Kier alpha value is -2.17. The molecule has 1 saturated heterocycles. The molecule has 4 nitrogen and oxygen atoms in total. The van der Waals surface area contributed by atoms with Crippen LogP contribution in [-0.4, -0.2) is 34.1 Å². The number of rotatable bonds is 6. The van der Waals surface area contributed by atoms with E-state index in [0.717, 1.165) is 56.3 Å². The number of piperidine rings is 1. The first-order valence-electron chi connectivity index (χ1n) is 8.70. The quantitative estimate of drug-likeness (QED) is 0.883. The lowest BCUT2D eigenvalue weighted by molar-refractivity contribution is -0.133. The lowest BCUT2D eigenvalue weighted by atomic mass is 9.91. The summed E-state index contributed by atoms with van der Waals surface area (Å²) in [5, 5.41) is 6.68. The van der Waals surface area contributed by atoms with Gasteiger partial charge in [0.2, 0.25) is 5.91 Å². The molecule has 1 aromatic heterocycles. The van der Waals surface area contributed by atoms with Crippen LogP contribution in [0.4, 0.5) is 4.39 Å². The van der Waals surface area contributed by atoms with Crippen LogP contribution < -0.4 is 0 Å². The Morgan fingerprint density at radius 2 is 2.25 bits per heavy atom. The summed E-state index contributed by atoms with van der Waals surface area (Å²) in [5.41, 5.74) is 2.11. The number of aromatic nitrogens is 2. The Balaban J connectivity index is 1.46. The highest BCUT2D eigenvalue weighted by Crippen LogP contribution is 2.22. The Bertz CT molecular complexity index is 656. The highest BCUT2D eigenvalue weighted by molar-refractivity contribution is 5.76. The van der Waals surface area contributed by atoms with E-state index in [1.807, 2.05) is 17.2 Å². The fourth-order valence-electron chi connectivity index (χ4n) is 3.41. The Labute approximate surface area is 142 Å². The molecular weight excluding hydrogens is 305 g/mol. The third-order valence-corrected chi connectivity index (χ3v) is 4.78. The molecule has 24 heavy (non-hydrogen) atoms. The first kappa shape index (κ1) is 16.7. The number of aromatic amines is 1. The number of aryl methyl sites for hydroxylation is 2. The normalized spacial score (nSPS) is 17.9. The maximum absolute atomic E-state index is 13.2. The molecule has 2 heterocycles. The van der Waals surface area contributed by atoms with Crippen molar-refractivity contribution in [3.8, 4) is 0 Å². The number of hydrogen-bond donors (Lipinski definition) is 1. The average Bonchev–Trinajstić information content (AvgIpc) is 3.12. The monoisotopic (exact) mass is 329 g/mol. The lowest BCUT2D eigenvalue weighted by Crippen LogP contribution is -2.40. The molecule has 1 atom stereocenters. The van der Waals surface area contributed by atoms with E-state index in [-0.39, 0.29) is 11.7 Å². The maximum atomic E-state index is 13.2. The van der Waals surface area contributed by atoms with Crippen molar-refractivity contribution >= 4 is 5.91 Å². The number of nitrogens with one attached hydrogen (secondary N) is 1. The molecule has 1 fully saturated rings. The van der Waals surface area contributed by atoms with E-state index in [0.29, 0.717) is 12.3 Å². The average molecular weight is 329 g/mol. The molecule has 1 aromatic carbocycles. The van der Waals surface area contributed by atoms with Gasteiger partial charge in [-0.15, -0.1) is 0 Å². The molecule has 1 N–H and O–H groups in total. The SMILES string of the molecule is O=C(CCc1cn[nH]c1)N1CCC[C@H](CCc2cccc(F)c2)C1. The minimum absolute atomic E-state index is 0.174. The summed E-state index contributed by atoms with van der Waals surface area (Å²) >= 11 is 0. The third-order valence-electron chi connectivity index (χ3n) is 4.78. The summed E-state index contributed by atoms with van der Waals surface area (Å²) in [7, 11) is 0. The zero-order valence-corrected chi connectivity index (χ0v) is 13.9. The van der Waals surface area contributed by atoms with Crippen LogP contribution in [0.25, 0.3) is 0 Å². The van der Waals surface area contributed by atoms with E-state index < -0.39 is 0 Å². The summed E-state index contributed by atoms with van der Waals surface area (Å²) < 4.78 is 13.2. The molecule has 0 spiro atoms. The predicted octanol–water partition coefficient (Wildman–Crippen LogP) is 3.35. The van der Waals surface area contributed by atoms with Gasteiger partial charge >= 0.3 is 0 Å². The van der Waals surface area contributed by atoms with Crippen LogP contribution in [0.2, 0.25) is 0 Å². The van der Waals surface area contributed by atoms with Crippen molar-refractivity contribution in [3.05, 3.63) is 53.6 Å². The third kappa shape index (κ3) is 4.66. The topological polar surface area (TPSA) is 49.0 Å². The number of nitrogens with zero attached hydrogens (tertiary/aromatic N) is 2. The highest BCUT2D eigenvalue weighted by Gasteiger charge is 2.23. The van der Waals surface area contributed by atoms with Crippen molar-refractivity contribution in [3.63, 3.8) is 0 Å². The van der Waals surface area contributed by atoms with E-state index >= 15 is 0 Å². The zero-order valence-electron chi connectivity index (χ0n) is 13.9. The Kier molecular flexibility index (Phi) is 5.62. The minimum Gasteiger partial charge on any atom is -0.342 e. The molecular formula is C19H24FN3O. The van der Waals surface area contributed by atoms with Gasteiger partial charge in [0.1, 0.15) is 5.82 Å². The number of carbonyl (C=O) groups excluding carboxylic acids is 1. The molecule has 0 bridgehead atoms. The number of benzene rings is 1. The summed E-state index contributed by atoms with van der Waals surface area (Å²) in [6.45, 7) is 1.69. The van der Waals surface area contributed by atoms with E-state index in [1.165, 1.54) is 6.07 Å². The number of H-pyrrole nitrogens is 1. The largest absolute Gasteiger partial charge is 0.342 e. The van der Waals surface area contributed by atoms with Crippen molar-refractivity contribution < 1.29 is 9.18 Å².